The van der Waals surface area contributed by atoms with E-state index in [1.54, 1.807) is 12.1 Å². The summed E-state index contributed by atoms with van der Waals surface area (Å²) in [6.07, 6.45) is -4.37. The predicted octanol–water partition coefficient (Wildman–Crippen LogP) is 5.65. The van der Waals surface area contributed by atoms with Crippen molar-refractivity contribution >= 4 is 27.9 Å². The van der Waals surface area contributed by atoms with Crippen LogP contribution in [-0.4, -0.2) is 31.9 Å². The lowest BCUT2D eigenvalue weighted by Crippen LogP contribution is -2.20. The molecule has 0 amide bonds. The fourth-order valence-electron chi connectivity index (χ4n) is 4.35. The Balaban J connectivity index is 1.41. The first kappa shape index (κ1) is 22.0. The number of aromatic amines is 2. The van der Waals surface area contributed by atoms with E-state index in [9.17, 15) is 13.2 Å². The van der Waals surface area contributed by atoms with Gasteiger partial charge < -0.3 is 15.7 Å². The molecule has 174 valence electrons. The van der Waals surface area contributed by atoms with Crippen molar-refractivity contribution in [2.75, 3.05) is 12.8 Å². The maximum atomic E-state index is 13.3. The van der Waals surface area contributed by atoms with Crippen LogP contribution in [0.3, 0.4) is 0 Å². The van der Waals surface area contributed by atoms with Gasteiger partial charge in [0.2, 0.25) is 0 Å². The first-order valence-corrected chi connectivity index (χ1v) is 10.8. The van der Waals surface area contributed by atoms with Gasteiger partial charge in [-0.3, -0.25) is 4.90 Å². The molecule has 0 saturated carbocycles. The average Bonchev–Trinajstić information content (AvgIpc) is 3.34. The lowest BCUT2D eigenvalue weighted by atomic mass is 10.1. The van der Waals surface area contributed by atoms with Crippen LogP contribution >= 0.6 is 0 Å². The number of nitrogens with zero attached hydrogens (tertiary/aromatic N) is 3. The van der Waals surface area contributed by atoms with Crippen molar-refractivity contribution in [1.82, 2.24) is 24.8 Å². The number of anilines is 1. The van der Waals surface area contributed by atoms with E-state index in [1.807, 2.05) is 43.1 Å². The van der Waals surface area contributed by atoms with Gasteiger partial charge in [0.05, 0.1) is 5.56 Å². The molecule has 0 saturated heterocycles. The van der Waals surface area contributed by atoms with Gasteiger partial charge in [-0.2, -0.15) is 13.2 Å². The van der Waals surface area contributed by atoms with Gasteiger partial charge in [-0.25, -0.2) is 9.97 Å². The number of benzene rings is 2. The van der Waals surface area contributed by atoms with Gasteiger partial charge in [0.25, 0.3) is 0 Å². The van der Waals surface area contributed by atoms with Crippen molar-refractivity contribution in [3.63, 3.8) is 0 Å². The molecule has 34 heavy (non-hydrogen) atoms. The van der Waals surface area contributed by atoms with Gasteiger partial charge in [0, 0.05) is 35.2 Å². The number of imidazole rings is 1. The van der Waals surface area contributed by atoms with Crippen LogP contribution in [0, 0.1) is 6.92 Å². The molecular formula is C25H23F3N6. The number of nitrogens with one attached hydrogen (secondary N) is 2. The zero-order valence-electron chi connectivity index (χ0n) is 18.7. The van der Waals surface area contributed by atoms with Gasteiger partial charge in [0.15, 0.2) is 5.65 Å². The Morgan fingerprint density at radius 3 is 2.56 bits per heavy atom. The van der Waals surface area contributed by atoms with E-state index >= 15 is 0 Å². The third kappa shape index (κ3) is 4.22. The summed E-state index contributed by atoms with van der Waals surface area (Å²) in [6, 6.07) is 15.5. The van der Waals surface area contributed by atoms with E-state index in [2.05, 4.69) is 19.9 Å². The number of nitrogens with two attached hydrogens (primary N) is 1. The zero-order valence-corrected chi connectivity index (χ0v) is 18.7. The van der Waals surface area contributed by atoms with E-state index in [4.69, 9.17) is 5.73 Å². The molecule has 5 aromatic rings. The molecule has 0 fully saturated rings. The summed E-state index contributed by atoms with van der Waals surface area (Å²) < 4.78 is 40.0. The van der Waals surface area contributed by atoms with E-state index in [0.717, 1.165) is 45.1 Å². The number of nitrogen functional groups attached to an aromatic ring is 1. The minimum Gasteiger partial charge on any atom is -0.384 e. The van der Waals surface area contributed by atoms with Gasteiger partial charge in [0.1, 0.15) is 17.2 Å². The van der Waals surface area contributed by atoms with Crippen LogP contribution in [-0.2, 0) is 19.3 Å². The second-order valence-corrected chi connectivity index (χ2v) is 8.55. The molecule has 2 aromatic carbocycles. The third-order valence-corrected chi connectivity index (χ3v) is 5.78. The van der Waals surface area contributed by atoms with Crippen molar-refractivity contribution in [2.24, 2.45) is 0 Å². The summed E-state index contributed by atoms with van der Waals surface area (Å²) in [6.45, 7) is 2.56. The first-order chi connectivity index (χ1) is 16.2. The number of hydrogen-bond donors (Lipinski definition) is 3. The van der Waals surface area contributed by atoms with Crippen LogP contribution in [0.2, 0.25) is 0 Å². The van der Waals surface area contributed by atoms with Crippen molar-refractivity contribution < 1.29 is 13.2 Å². The SMILES string of the molecule is Cc1nc2c(-c3cc4cc(CN(C)Cc5ccccc5C(F)(F)F)ccc4[nH]3)cc(N)nc2[nH]1. The molecule has 4 N–H and O–H groups in total. The average molecular weight is 464 g/mol. The Hall–Kier alpha value is -3.85. The predicted molar refractivity (Wildman–Crippen MR) is 127 cm³/mol. The molecular weight excluding hydrogens is 441 g/mol. The Morgan fingerprint density at radius 2 is 1.76 bits per heavy atom. The van der Waals surface area contributed by atoms with Crippen LogP contribution in [0.1, 0.15) is 22.5 Å². The van der Waals surface area contributed by atoms with E-state index < -0.39 is 11.7 Å². The van der Waals surface area contributed by atoms with Gasteiger partial charge >= 0.3 is 6.18 Å². The highest BCUT2D eigenvalue weighted by atomic mass is 19.4. The van der Waals surface area contributed by atoms with Crippen LogP contribution in [0.5, 0.6) is 0 Å². The van der Waals surface area contributed by atoms with Crippen LogP contribution in [0.4, 0.5) is 19.0 Å². The molecule has 0 bridgehead atoms. The number of rotatable bonds is 5. The molecule has 9 heteroatoms. The normalized spacial score (nSPS) is 12.3. The number of H-pyrrole nitrogens is 2. The molecule has 0 aliphatic rings. The number of halogens is 3. The standard InChI is InChI=1S/C25H23F3N6/c1-14-30-23-18(11-22(29)33-24(23)31-14)21-10-17-9-15(7-8-20(17)32-21)12-34(2)13-16-5-3-4-6-19(16)25(26,27)28/h3-11,32H,12-13H2,1-2H3,(H3,29,30,31,33). The smallest absolute Gasteiger partial charge is 0.384 e. The Bertz CT molecular complexity index is 1500. The molecule has 0 aliphatic heterocycles. The Labute approximate surface area is 193 Å². The third-order valence-electron chi connectivity index (χ3n) is 5.78. The summed E-state index contributed by atoms with van der Waals surface area (Å²) in [4.78, 5) is 17.2. The lowest BCUT2D eigenvalue weighted by Gasteiger charge is -2.20. The summed E-state index contributed by atoms with van der Waals surface area (Å²) in [5.41, 5.74) is 10.7. The van der Waals surface area contributed by atoms with Crippen LogP contribution in [0.15, 0.2) is 54.6 Å². The van der Waals surface area contributed by atoms with E-state index in [0.29, 0.717) is 18.0 Å². The van der Waals surface area contributed by atoms with Gasteiger partial charge in [-0.1, -0.05) is 24.3 Å². The summed E-state index contributed by atoms with van der Waals surface area (Å²) in [7, 11) is 1.82. The zero-order chi connectivity index (χ0) is 24.0. The minimum absolute atomic E-state index is 0.193. The summed E-state index contributed by atoms with van der Waals surface area (Å²) in [5.74, 6) is 1.15. The highest BCUT2D eigenvalue weighted by molar-refractivity contribution is 5.95. The molecule has 3 heterocycles. The molecule has 6 nitrogen and oxygen atoms in total. The van der Waals surface area contributed by atoms with Crippen molar-refractivity contribution in [1.29, 1.82) is 0 Å². The van der Waals surface area contributed by atoms with Gasteiger partial charge in [-0.05, 0) is 55.4 Å². The molecule has 0 spiro atoms. The highest BCUT2D eigenvalue weighted by Crippen LogP contribution is 2.33. The topological polar surface area (TPSA) is 86.6 Å². The maximum absolute atomic E-state index is 13.3. The quantitative estimate of drug-likeness (QED) is 0.314. The fraction of sp³-hybridized carbons (Fsp3) is 0.200. The molecule has 5 rings (SSSR count). The Morgan fingerprint density at radius 1 is 0.971 bits per heavy atom. The second kappa shape index (κ2) is 8.18. The number of aryl methyl sites for hydroxylation is 1. The Kier molecular flexibility index (Phi) is 5.28. The molecule has 0 aliphatic carbocycles. The first-order valence-electron chi connectivity index (χ1n) is 10.8. The number of fused-ring (bicyclic) bond motifs is 2. The summed E-state index contributed by atoms with van der Waals surface area (Å²) >= 11 is 0. The molecule has 0 atom stereocenters. The van der Waals surface area contributed by atoms with Crippen molar-refractivity contribution in [3.8, 4) is 11.3 Å². The van der Waals surface area contributed by atoms with Gasteiger partial charge in [-0.15, -0.1) is 0 Å². The fourth-order valence-corrected chi connectivity index (χ4v) is 4.35. The van der Waals surface area contributed by atoms with Crippen molar-refractivity contribution in [2.45, 2.75) is 26.2 Å². The maximum Gasteiger partial charge on any atom is 0.416 e. The number of pyridine rings is 1. The highest BCUT2D eigenvalue weighted by Gasteiger charge is 2.33. The van der Waals surface area contributed by atoms with Crippen LogP contribution in [0.25, 0.3) is 33.3 Å². The minimum atomic E-state index is -4.37. The molecule has 3 aromatic heterocycles. The largest absolute Gasteiger partial charge is 0.416 e. The van der Waals surface area contributed by atoms with Crippen molar-refractivity contribution in [3.05, 3.63) is 77.1 Å². The number of hydrogen-bond acceptors (Lipinski definition) is 4. The molecule has 0 radical (unpaired) electrons. The van der Waals surface area contributed by atoms with E-state index in [1.165, 1.54) is 12.1 Å². The lowest BCUT2D eigenvalue weighted by molar-refractivity contribution is -0.138. The summed E-state index contributed by atoms with van der Waals surface area (Å²) in [5, 5.41) is 0.993. The number of alkyl halides is 3. The van der Waals surface area contributed by atoms with E-state index in [-0.39, 0.29) is 12.1 Å². The molecule has 0 unspecified atom stereocenters. The monoisotopic (exact) mass is 464 g/mol. The number of aromatic nitrogens is 4. The van der Waals surface area contributed by atoms with Crippen LogP contribution < -0.4 is 5.73 Å². The second-order valence-electron chi connectivity index (χ2n) is 8.55.